The average Bonchev–Trinajstić information content (AvgIpc) is 3.27. The Morgan fingerprint density at radius 2 is 0.897 bits per heavy atom. The van der Waals surface area contributed by atoms with E-state index in [2.05, 4.69) is 84.9 Å². The SMILES string of the molecule is COc1ccc(-c2ccc(-c3ccc(OC)c4ccccc34)s2)c2ccccc12. The molecule has 0 amide bonds. The zero-order valence-electron chi connectivity index (χ0n) is 16.3. The van der Waals surface area contributed by atoms with Gasteiger partial charge >= 0.3 is 0 Å². The Kier molecular flexibility index (Phi) is 4.45. The molecular weight excluding hydrogens is 376 g/mol. The smallest absolute Gasteiger partial charge is 0.126 e. The van der Waals surface area contributed by atoms with Crippen molar-refractivity contribution in [3.05, 3.63) is 84.9 Å². The molecule has 0 radical (unpaired) electrons. The van der Waals surface area contributed by atoms with Crippen molar-refractivity contribution >= 4 is 32.9 Å². The summed E-state index contributed by atoms with van der Waals surface area (Å²) in [6.07, 6.45) is 0. The van der Waals surface area contributed by atoms with Gasteiger partial charge in [-0.2, -0.15) is 0 Å². The first kappa shape index (κ1) is 17.8. The molecule has 1 heterocycles. The Labute approximate surface area is 174 Å². The summed E-state index contributed by atoms with van der Waals surface area (Å²) < 4.78 is 11.1. The largest absolute Gasteiger partial charge is 0.496 e. The van der Waals surface area contributed by atoms with Gasteiger partial charge in [0.1, 0.15) is 11.5 Å². The van der Waals surface area contributed by atoms with Gasteiger partial charge in [0, 0.05) is 20.5 Å². The van der Waals surface area contributed by atoms with Gasteiger partial charge in [0.2, 0.25) is 0 Å². The minimum atomic E-state index is 0.905. The standard InChI is InChI=1S/C26H20O2S/c1-27-23-13-11-21(17-7-3-5-9-19(17)23)25-15-16-26(29-25)22-12-14-24(28-2)20-10-6-4-8-18(20)22/h3-16H,1-2H3. The van der Waals surface area contributed by atoms with Gasteiger partial charge in [-0.15, -0.1) is 11.3 Å². The van der Waals surface area contributed by atoms with E-state index in [4.69, 9.17) is 9.47 Å². The predicted molar refractivity (Wildman–Crippen MR) is 123 cm³/mol. The second kappa shape index (κ2) is 7.26. The van der Waals surface area contributed by atoms with E-state index in [1.54, 1.807) is 14.2 Å². The van der Waals surface area contributed by atoms with Gasteiger partial charge in [-0.25, -0.2) is 0 Å². The molecule has 0 fully saturated rings. The van der Waals surface area contributed by atoms with Crippen LogP contribution >= 0.6 is 11.3 Å². The van der Waals surface area contributed by atoms with E-state index in [1.807, 2.05) is 11.3 Å². The highest BCUT2D eigenvalue weighted by atomic mass is 32.1. The van der Waals surface area contributed by atoms with Crippen LogP contribution in [-0.2, 0) is 0 Å². The van der Waals surface area contributed by atoms with Gasteiger partial charge in [0.05, 0.1) is 14.2 Å². The van der Waals surface area contributed by atoms with Crippen molar-refractivity contribution in [2.45, 2.75) is 0 Å². The average molecular weight is 397 g/mol. The molecule has 2 nitrogen and oxygen atoms in total. The number of rotatable bonds is 4. The van der Waals surface area contributed by atoms with Gasteiger partial charge in [-0.3, -0.25) is 0 Å². The highest BCUT2D eigenvalue weighted by molar-refractivity contribution is 7.19. The van der Waals surface area contributed by atoms with E-state index in [1.165, 1.54) is 31.7 Å². The fourth-order valence-electron chi connectivity index (χ4n) is 3.96. The second-order valence-electron chi connectivity index (χ2n) is 6.89. The predicted octanol–water partition coefficient (Wildman–Crippen LogP) is 7.41. The lowest BCUT2D eigenvalue weighted by Crippen LogP contribution is -1.86. The molecule has 5 aromatic rings. The molecule has 3 heteroatoms. The Morgan fingerprint density at radius 1 is 0.483 bits per heavy atom. The molecule has 0 saturated heterocycles. The molecule has 0 N–H and O–H groups in total. The Bertz CT molecular complexity index is 1230. The Hall–Kier alpha value is -3.30. The summed E-state index contributed by atoms with van der Waals surface area (Å²) in [5.74, 6) is 1.81. The van der Waals surface area contributed by atoms with Crippen LogP contribution in [0.5, 0.6) is 11.5 Å². The van der Waals surface area contributed by atoms with Crippen molar-refractivity contribution < 1.29 is 9.47 Å². The van der Waals surface area contributed by atoms with Crippen LogP contribution in [0.2, 0.25) is 0 Å². The fourth-order valence-corrected chi connectivity index (χ4v) is 5.04. The first-order valence-corrected chi connectivity index (χ1v) is 10.3. The van der Waals surface area contributed by atoms with Crippen molar-refractivity contribution in [3.63, 3.8) is 0 Å². The molecule has 29 heavy (non-hydrogen) atoms. The normalized spacial score (nSPS) is 11.1. The summed E-state index contributed by atoms with van der Waals surface area (Å²) in [7, 11) is 3.44. The molecule has 0 aliphatic heterocycles. The number of hydrogen-bond acceptors (Lipinski definition) is 3. The molecule has 5 rings (SSSR count). The van der Waals surface area contributed by atoms with Crippen LogP contribution in [0.25, 0.3) is 42.4 Å². The summed E-state index contributed by atoms with van der Waals surface area (Å²) >= 11 is 1.81. The van der Waals surface area contributed by atoms with Crippen LogP contribution in [0.4, 0.5) is 0 Å². The van der Waals surface area contributed by atoms with E-state index in [0.29, 0.717) is 0 Å². The fraction of sp³-hybridized carbons (Fsp3) is 0.0769. The number of methoxy groups -OCH3 is 2. The lowest BCUT2D eigenvalue weighted by atomic mass is 10.0. The van der Waals surface area contributed by atoms with E-state index in [-0.39, 0.29) is 0 Å². The lowest BCUT2D eigenvalue weighted by molar-refractivity contribution is 0.420. The van der Waals surface area contributed by atoms with Crippen molar-refractivity contribution in [2.75, 3.05) is 14.2 Å². The molecule has 0 unspecified atom stereocenters. The maximum absolute atomic E-state index is 5.55. The molecule has 0 atom stereocenters. The van der Waals surface area contributed by atoms with Crippen molar-refractivity contribution in [2.24, 2.45) is 0 Å². The minimum Gasteiger partial charge on any atom is -0.496 e. The summed E-state index contributed by atoms with van der Waals surface area (Å²) in [4.78, 5) is 2.50. The van der Waals surface area contributed by atoms with Gasteiger partial charge in [0.25, 0.3) is 0 Å². The van der Waals surface area contributed by atoms with Crippen LogP contribution < -0.4 is 9.47 Å². The summed E-state index contributed by atoms with van der Waals surface area (Å²) in [5, 5.41) is 4.69. The first-order valence-electron chi connectivity index (χ1n) is 9.52. The molecule has 0 aliphatic rings. The molecule has 0 spiro atoms. The third-order valence-corrected chi connectivity index (χ3v) is 6.50. The van der Waals surface area contributed by atoms with E-state index in [9.17, 15) is 0 Å². The minimum absolute atomic E-state index is 0.905. The van der Waals surface area contributed by atoms with Crippen LogP contribution in [0.15, 0.2) is 84.9 Å². The van der Waals surface area contributed by atoms with Gasteiger partial charge in [-0.1, -0.05) is 48.5 Å². The van der Waals surface area contributed by atoms with Crippen molar-refractivity contribution in [3.8, 4) is 32.4 Å². The summed E-state index contributed by atoms with van der Waals surface area (Å²) in [6.45, 7) is 0. The van der Waals surface area contributed by atoms with Crippen LogP contribution in [0, 0.1) is 0 Å². The number of hydrogen-bond donors (Lipinski definition) is 0. The van der Waals surface area contributed by atoms with Gasteiger partial charge < -0.3 is 9.47 Å². The molecule has 1 aromatic heterocycles. The zero-order chi connectivity index (χ0) is 19.8. The van der Waals surface area contributed by atoms with Crippen LogP contribution in [0.1, 0.15) is 0 Å². The van der Waals surface area contributed by atoms with Crippen molar-refractivity contribution in [1.82, 2.24) is 0 Å². The highest BCUT2D eigenvalue weighted by Gasteiger charge is 2.13. The number of ether oxygens (including phenoxy) is 2. The second-order valence-corrected chi connectivity index (χ2v) is 7.97. The summed E-state index contributed by atoms with van der Waals surface area (Å²) in [5.41, 5.74) is 2.46. The molecule has 0 aliphatic carbocycles. The molecule has 0 bridgehead atoms. The lowest BCUT2D eigenvalue weighted by Gasteiger charge is -2.10. The van der Waals surface area contributed by atoms with E-state index in [0.717, 1.165) is 22.3 Å². The highest BCUT2D eigenvalue weighted by Crippen LogP contribution is 2.42. The van der Waals surface area contributed by atoms with Crippen LogP contribution in [-0.4, -0.2) is 14.2 Å². The Balaban J connectivity index is 1.67. The molecule has 4 aromatic carbocycles. The molecular formula is C26H20O2S. The van der Waals surface area contributed by atoms with Crippen LogP contribution in [0.3, 0.4) is 0 Å². The number of thiophene rings is 1. The topological polar surface area (TPSA) is 18.5 Å². The number of benzene rings is 4. The van der Waals surface area contributed by atoms with Crippen molar-refractivity contribution in [1.29, 1.82) is 0 Å². The van der Waals surface area contributed by atoms with E-state index < -0.39 is 0 Å². The summed E-state index contributed by atoms with van der Waals surface area (Å²) in [6, 6.07) is 29.7. The third-order valence-electron chi connectivity index (χ3n) is 5.34. The zero-order valence-corrected chi connectivity index (χ0v) is 17.1. The molecule has 0 saturated carbocycles. The monoisotopic (exact) mass is 396 g/mol. The molecule has 142 valence electrons. The maximum atomic E-state index is 5.55. The quantitative estimate of drug-likeness (QED) is 0.315. The van der Waals surface area contributed by atoms with Gasteiger partial charge in [0.15, 0.2) is 0 Å². The maximum Gasteiger partial charge on any atom is 0.126 e. The van der Waals surface area contributed by atoms with Gasteiger partial charge in [-0.05, 0) is 58.3 Å². The number of fused-ring (bicyclic) bond motifs is 2. The third kappa shape index (κ3) is 2.95. The van der Waals surface area contributed by atoms with E-state index >= 15 is 0 Å². The first-order chi connectivity index (χ1) is 14.3. The Morgan fingerprint density at radius 3 is 1.31 bits per heavy atom.